The Hall–Kier alpha value is -1.72. The summed E-state index contributed by atoms with van der Waals surface area (Å²) in [4.78, 5) is 10.5. The van der Waals surface area contributed by atoms with E-state index in [1.165, 1.54) is 18.6 Å². The van der Waals surface area contributed by atoms with Gasteiger partial charge in [0, 0.05) is 37.7 Å². The van der Waals surface area contributed by atoms with Gasteiger partial charge in [0.2, 0.25) is 0 Å². The molecule has 4 nitrogen and oxygen atoms in total. The Morgan fingerprint density at radius 2 is 2.32 bits per heavy atom. The molecule has 0 saturated carbocycles. The molecular weight excluding hydrogens is 281 g/mol. The summed E-state index contributed by atoms with van der Waals surface area (Å²) in [5.41, 5.74) is 3.09. The molecular formula is C17H20FN3O. The zero-order valence-electron chi connectivity index (χ0n) is 12.5. The average molecular weight is 301 g/mol. The van der Waals surface area contributed by atoms with Crippen LogP contribution in [0.2, 0.25) is 0 Å². The zero-order chi connectivity index (χ0) is 14.9. The van der Waals surface area contributed by atoms with Gasteiger partial charge in [0.1, 0.15) is 11.6 Å². The number of hydrogen-bond donors (Lipinski definition) is 1. The van der Waals surface area contributed by atoms with Crippen molar-refractivity contribution in [3.8, 4) is 11.4 Å². The maximum absolute atomic E-state index is 13.4. The molecule has 1 N–H and O–H groups in total. The third-order valence-electron chi connectivity index (χ3n) is 4.61. The summed E-state index contributed by atoms with van der Waals surface area (Å²) < 4.78 is 19.0. The van der Waals surface area contributed by atoms with Crippen LogP contribution in [-0.2, 0) is 17.7 Å². The molecule has 0 bridgehead atoms. The molecule has 2 aliphatic rings. The van der Waals surface area contributed by atoms with E-state index in [1.807, 2.05) is 6.07 Å². The lowest BCUT2D eigenvalue weighted by Gasteiger charge is -2.35. The van der Waals surface area contributed by atoms with Crippen LogP contribution in [0.25, 0.3) is 11.4 Å². The highest BCUT2D eigenvalue weighted by molar-refractivity contribution is 5.56. The van der Waals surface area contributed by atoms with Gasteiger partial charge in [0.05, 0.1) is 18.0 Å². The highest BCUT2D eigenvalue weighted by Crippen LogP contribution is 2.25. The minimum absolute atomic E-state index is 0.229. The van der Waals surface area contributed by atoms with Crippen molar-refractivity contribution in [1.82, 2.24) is 14.9 Å². The third-order valence-corrected chi connectivity index (χ3v) is 4.61. The summed E-state index contributed by atoms with van der Waals surface area (Å²) in [6.07, 6.45) is 3.30. The van der Waals surface area contributed by atoms with Gasteiger partial charge in [-0.2, -0.15) is 0 Å². The van der Waals surface area contributed by atoms with Crippen LogP contribution in [0, 0.1) is 5.82 Å². The van der Waals surface area contributed by atoms with Crippen LogP contribution in [0.5, 0.6) is 0 Å². The molecule has 5 heteroatoms. The van der Waals surface area contributed by atoms with Gasteiger partial charge in [-0.15, -0.1) is 0 Å². The van der Waals surface area contributed by atoms with E-state index in [2.05, 4.69) is 14.9 Å². The van der Waals surface area contributed by atoms with Gasteiger partial charge in [-0.1, -0.05) is 12.1 Å². The Kier molecular flexibility index (Phi) is 3.68. The molecule has 3 heterocycles. The molecule has 2 aromatic rings. The second-order valence-corrected chi connectivity index (χ2v) is 6.11. The fourth-order valence-corrected chi connectivity index (χ4v) is 3.41. The summed E-state index contributed by atoms with van der Waals surface area (Å²) in [5.74, 6) is 0.541. The van der Waals surface area contributed by atoms with Crippen LogP contribution in [0.3, 0.4) is 0 Å². The highest BCUT2D eigenvalue weighted by atomic mass is 19.1. The lowest BCUT2D eigenvalue weighted by molar-refractivity contribution is 0.0119. The monoisotopic (exact) mass is 301 g/mol. The zero-order valence-corrected chi connectivity index (χ0v) is 12.5. The van der Waals surface area contributed by atoms with Gasteiger partial charge in [0.15, 0.2) is 0 Å². The van der Waals surface area contributed by atoms with Gasteiger partial charge in [-0.25, -0.2) is 9.37 Å². The van der Waals surface area contributed by atoms with Crippen molar-refractivity contribution in [1.29, 1.82) is 0 Å². The second-order valence-electron chi connectivity index (χ2n) is 6.11. The fourth-order valence-electron chi connectivity index (χ4n) is 3.41. The first kappa shape index (κ1) is 13.9. The maximum Gasteiger partial charge on any atom is 0.137 e. The molecule has 2 aliphatic heterocycles. The molecule has 0 aliphatic carbocycles. The molecule has 0 unspecified atom stereocenters. The van der Waals surface area contributed by atoms with Crippen molar-refractivity contribution >= 4 is 0 Å². The number of halogens is 1. The molecule has 22 heavy (non-hydrogen) atoms. The topological polar surface area (TPSA) is 41.2 Å². The van der Waals surface area contributed by atoms with E-state index in [1.54, 1.807) is 6.07 Å². The number of benzene rings is 1. The van der Waals surface area contributed by atoms with Crippen LogP contribution in [0.1, 0.15) is 24.2 Å². The predicted octanol–water partition coefficient (Wildman–Crippen LogP) is 2.75. The number of H-pyrrole nitrogens is 1. The number of ether oxygens (including phenoxy) is 1. The number of rotatable bonds is 2. The molecule has 4 rings (SSSR count). The number of nitrogens with one attached hydrogen (secondary N) is 1. The molecule has 1 fully saturated rings. The lowest BCUT2D eigenvalue weighted by atomic mass is 10.0. The molecule has 0 radical (unpaired) electrons. The maximum atomic E-state index is 13.4. The molecule has 0 amide bonds. The smallest absolute Gasteiger partial charge is 0.137 e. The molecule has 1 atom stereocenters. The Morgan fingerprint density at radius 1 is 1.36 bits per heavy atom. The molecule has 116 valence electrons. The summed E-state index contributed by atoms with van der Waals surface area (Å²) >= 11 is 0. The Morgan fingerprint density at radius 3 is 3.14 bits per heavy atom. The molecule has 1 aromatic carbocycles. The first-order valence-electron chi connectivity index (χ1n) is 7.95. The fraction of sp³-hybridized carbons (Fsp3) is 0.471. The van der Waals surface area contributed by atoms with Gasteiger partial charge < -0.3 is 9.72 Å². The number of aromatic amines is 1. The van der Waals surface area contributed by atoms with E-state index in [4.69, 9.17) is 4.74 Å². The lowest BCUT2D eigenvalue weighted by Crippen LogP contribution is -2.43. The van der Waals surface area contributed by atoms with Gasteiger partial charge in [0.25, 0.3) is 0 Å². The number of imidazole rings is 1. The normalized spacial score (nSPS) is 22.5. The van der Waals surface area contributed by atoms with Crippen molar-refractivity contribution in [2.24, 2.45) is 0 Å². The minimum Gasteiger partial charge on any atom is -0.380 e. The van der Waals surface area contributed by atoms with Crippen LogP contribution in [0.4, 0.5) is 4.39 Å². The quantitative estimate of drug-likeness (QED) is 0.927. The number of hydrogen-bond acceptors (Lipinski definition) is 3. The van der Waals surface area contributed by atoms with Gasteiger partial charge in [-0.3, -0.25) is 4.90 Å². The van der Waals surface area contributed by atoms with Crippen molar-refractivity contribution in [3.63, 3.8) is 0 Å². The van der Waals surface area contributed by atoms with Crippen molar-refractivity contribution in [3.05, 3.63) is 41.5 Å². The van der Waals surface area contributed by atoms with E-state index in [0.29, 0.717) is 6.04 Å². The van der Waals surface area contributed by atoms with E-state index >= 15 is 0 Å². The summed E-state index contributed by atoms with van der Waals surface area (Å²) in [7, 11) is 0. The molecule has 0 spiro atoms. The first-order valence-corrected chi connectivity index (χ1v) is 7.95. The van der Waals surface area contributed by atoms with Crippen molar-refractivity contribution < 1.29 is 9.13 Å². The average Bonchev–Trinajstić information content (AvgIpc) is 2.99. The molecule has 1 saturated heterocycles. The number of fused-ring (bicyclic) bond motifs is 1. The predicted molar refractivity (Wildman–Crippen MR) is 81.9 cm³/mol. The summed E-state index contributed by atoms with van der Waals surface area (Å²) in [6, 6.07) is 7.11. The van der Waals surface area contributed by atoms with Crippen LogP contribution in [-0.4, -0.2) is 40.7 Å². The molecule has 1 aromatic heterocycles. The minimum atomic E-state index is -0.229. The van der Waals surface area contributed by atoms with Crippen LogP contribution in [0.15, 0.2) is 24.3 Å². The standard InChI is InChI=1S/C17H20FN3O/c18-13-4-1-3-12(9-13)17-19-15-6-7-21(10-16(15)20-17)14-5-2-8-22-11-14/h1,3-4,9,14H,2,5-8,10-11H2,(H,19,20)/t14-/m0/s1. The third kappa shape index (κ3) is 2.66. The largest absolute Gasteiger partial charge is 0.380 e. The van der Waals surface area contributed by atoms with Crippen LogP contribution < -0.4 is 0 Å². The van der Waals surface area contributed by atoms with Gasteiger partial charge >= 0.3 is 0 Å². The Labute approximate surface area is 129 Å². The van der Waals surface area contributed by atoms with Crippen molar-refractivity contribution in [2.75, 3.05) is 19.8 Å². The van der Waals surface area contributed by atoms with E-state index in [9.17, 15) is 4.39 Å². The summed E-state index contributed by atoms with van der Waals surface area (Å²) in [5, 5.41) is 0. The highest BCUT2D eigenvalue weighted by Gasteiger charge is 2.27. The van der Waals surface area contributed by atoms with E-state index < -0.39 is 0 Å². The van der Waals surface area contributed by atoms with Crippen molar-refractivity contribution in [2.45, 2.75) is 31.8 Å². The number of aromatic nitrogens is 2. The summed E-state index contributed by atoms with van der Waals surface area (Å²) in [6.45, 7) is 3.63. The van der Waals surface area contributed by atoms with E-state index in [-0.39, 0.29) is 5.82 Å². The number of nitrogens with zero attached hydrogens (tertiary/aromatic N) is 2. The Bertz CT molecular complexity index is 664. The van der Waals surface area contributed by atoms with E-state index in [0.717, 1.165) is 61.9 Å². The SMILES string of the molecule is Fc1cccc(-c2nc3c([nH]2)CN([C@H]2CCCOC2)CC3)c1. The first-order chi connectivity index (χ1) is 10.8. The Balaban J connectivity index is 1.55. The second kappa shape index (κ2) is 5.82. The van der Waals surface area contributed by atoms with Crippen LogP contribution >= 0.6 is 0 Å². The van der Waals surface area contributed by atoms with Gasteiger partial charge in [-0.05, 0) is 25.0 Å².